The van der Waals surface area contributed by atoms with E-state index in [0.717, 1.165) is 49.5 Å². The maximum atomic E-state index is 5.73. The van der Waals surface area contributed by atoms with Gasteiger partial charge < -0.3 is 10.3 Å². The molecule has 0 saturated heterocycles. The molecule has 3 aromatic rings. The van der Waals surface area contributed by atoms with Crippen molar-refractivity contribution < 1.29 is 0 Å². The molecule has 0 aliphatic heterocycles. The van der Waals surface area contributed by atoms with E-state index >= 15 is 0 Å². The second-order valence-electron chi connectivity index (χ2n) is 6.38. The van der Waals surface area contributed by atoms with Crippen molar-refractivity contribution >= 4 is 11.0 Å². The molecule has 0 radical (unpaired) electrons. The van der Waals surface area contributed by atoms with Crippen LogP contribution >= 0.6 is 0 Å². The van der Waals surface area contributed by atoms with Crippen LogP contribution in [-0.2, 0) is 13.1 Å². The van der Waals surface area contributed by atoms with E-state index in [1.165, 1.54) is 11.1 Å². The minimum atomic E-state index is 0.689. The van der Waals surface area contributed by atoms with Gasteiger partial charge in [0, 0.05) is 18.7 Å². The summed E-state index contributed by atoms with van der Waals surface area (Å²) in [5, 5.41) is 0. The Morgan fingerprint density at radius 3 is 2.40 bits per heavy atom. The van der Waals surface area contributed by atoms with E-state index in [1.54, 1.807) is 0 Å². The molecule has 0 spiro atoms. The number of para-hydroxylation sites is 2. The van der Waals surface area contributed by atoms with Crippen LogP contribution in [0.1, 0.15) is 25.8 Å². The number of aryl methyl sites for hydroxylation is 1. The van der Waals surface area contributed by atoms with Crippen molar-refractivity contribution in [2.75, 3.05) is 19.6 Å². The number of imidazole rings is 1. The summed E-state index contributed by atoms with van der Waals surface area (Å²) in [5.41, 5.74) is 10.5. The smallest absolute Gasteiger partial charge is 0.141 e. The lowest BCUT2D eigenvalue weighted by Crippen LogP contribution is -2.21. The number of hydrogen-bond donors (Lipinski definition) is 1. The third kappa shape index (κ3) is 3.91. The molecule has 0 aliphatic rings. The third-order valence-corrected chi connectivity index (χ3v) is 4.75. The second kappa shape index (κ2) is 8.28. The van der Waals surface area contributed by atoms with Crippen LogP contribution in [0.5, 0.6) is 0 Å². The summed E-state index contributed by atoms with van der Waals surface area (Å²) in [7, 11) is 0. The average Bonchev–Trinajstić information content (AvgIpc) is 3.03. The van der Waals surface area contributed by atoms with E-state index in [0.29, 0.717) is 6.54 Å². The van der Waals surface area contributed by atoms with Crippen molar-refractivity contribution in [1.82, 2.24) is 14.5 Å². The van der Waals surface area contributed by atoms with E-state index in [1.807, 2.05) is 6.07 Å². The summed E-state index contributed by atoms with van der Waals surface area (Å²) in [6.07, 6.45) is 0.952. The zero-order valence-corrected chi connectivity index (χ0v) is 15.3. The fourth-order valence-electron chi connectivity index (χ4n) is 3.24. The van der Waals surface area contributed by atoms with Crippen LogP contribution in [0.4, 0.5) is 0 Å². The molecule has 0 saturated carbocycles. The Labute approximate surface area is 150 Å². The van der Waals surface area contributed by atoms with E-state index in [2.05, 4.69) is 65.8 Å². The van der Waals surface area contributed by atoms with Gasteiger partial charge in [-0.15, -0.1) is 0 Å². The topological polar surface area (TPSA) is 47.1 Å². The van der Waals surface area contributed by atoms with Gasteiger partial charge in [-0.05, 0) is 43.8 Å². The summed E-state index contributed by atoms with van der Waals surface area (Å²) in [6, 6.07) is 17.2. The minimum absolute atomic E-state index is 0.689. The zero-order chi connectivity index (χ0) is 17.6. The molecule has 1 aromatic heterocycles. The van der Waals surface area contributed by atoms with Gasteiger partial charge >= 0.3 is 0 Å². The Hall–Kier alpha value is -2.17. The summed E-state index contributed by atoms with van der Waals surface area (Å²) in [4.78, 5) is 7.29. The molecule has 3 rings (SSSR count). The summed E-state index contributed by atoms with van der Waals surface area (Å²) in [6.45, 7) is 9.15. The molecule has 0 fully saturated rings. The number of aromatic nitrogens is 2. The first-order valence-corrected chi connectivity index (χ1v) is 9.23. The Morgan fingerprint density at radius 1 is 1.00 bits per heavy atom. The van der Waals surface area contributed by atoms with E-state index in [-0.39, 0.29) is 0 Å². The molecule has 4 nitrogen and oxygen atoms in total. The molecule has 4 heteroatoms. The highest BCUT2D eigenvalue weighted by molar-refractivity contribution is 5.80. The first kappa shape index (κ1) is 17.6. The SMILES string of the molecule is CCN(CC)Cc1ccc(-c2nc3ccccc3n2CCCN)cc1. The molecule has 0 bridgehead atoms. The van der Waals surface area contributed by atoms with Crippen molar-refractivity contribution in [2.24, 2.45) is 5.73 Å². The third-order valence-electron chi connectivity index (χ3n) is 4.75. The van der Waals surface area contributed by atoms with Gasteiger partial charge in [-0.3, -0.25) is 4.90 Å². The number of benzene rings is 2. The molecular formula is C21H28N4. The van der Waals surface area contributed by atoms with Crippen molar-refractivity contribution in [3.63, 3.8) is 0 Å². The molecule has 0 aliphatic carbocycles. The molecule has 0 unspecified atom stereocenters. The molecule has 132 valence electrons. The van der Waals surface area contributed by atoms with Gasteiger partial charge in [0.05, 0.1) is 11.0 Å². The predicted molar refractivity (Wildman–Crippen MR) is 105 cm³/mol. The highest BCUT2D eigenvalue weighted by Gasteiger charge is 2.12. The minimum Gasteiger partial charge on any atom is -0.330 e. The lowest BCUT2D eigenvalue weighted by molar-refractivity contribution is 0.296. The van der Waals surface area contributed by atoms with Crippen molar-refractivity contribution in [3.05, 3.63) is 54.1 Å². The van der Waals surface area contributed by atoms with Crippen molar-refractivity contribution in [2.45, 2.75) is 33.4 Å². The van der Waals surface area contributed by atoms with Crippen LogP contribution in [0.25, 0.3) is 22.4 Å². The van der Waals surface area contributed by atoms with Gasteiger partial charge in [0.25, 0.3) is 0 Å². The van der Waals surface area contributed by atoms with E-state index < -0.39 is 0 Å². The molecule has 1 heterocycles. The number of nitrogens with zero attached hydrogens (tertiary/aromatic N) is 3. The van der Waals surface area contributed by atoms with Crippen LogP contribution in [0.2, 0.25) is 0 Å². The van der Waals surface area contributed by atoms with Gasteiger partial charge in [-0.25, -0.2) is 4.98 Å². The number of hydrogen-bond acceptors (Lipinski definition) is 3. The first-order chi connectivity index (χ1) is 12.3. The highest BCUT2D eigenvalue weighted by Crippen LogP contribution is 2.25. The Kier molecular flexibility index (Phi) is 5.84. The van der Waals surface area contributed by atoms with Gasteiger partial charge in [-0.1, -0.05) is 50.2 Å². The molecule has 2 aromatic carbocycles. The van der Waals surface area contributed by atoms with Gasteiger partial charge in [0.15, 0.2) is 0 Å². The zero-order valence-electron chi connectivity index (χ0n) is 15.3. The molecular weight excluding hydrogens is 308 g/mol. The highest BCUT2D eigenvalue weighted by atomic mass is 15.1. The van der Waals surface area contributed by atoms with Gasteiger partial charge in [0.1, 0.15) is 5.82 Å². The van der Waals surface area contributed by atoms with Gasteiger partial charge in [-0.2, -0.15) is 0 Å². The average molecular weight is 336 g/mol. The van der Waals surface area contributed by atoms with Crippen LogP contribution in [-0.4, -0.2) is 34.1 Å². The fourth-order valence-corrected chi connectivity index (χ4v) is 3.24. The predicted octanol–water partition coefficient (Wildman–Crippen LogP) is 3.89. The van der Waals surface area contributed by atoms with E-state index in [9.17, 15) is 0 Å². The quantitative estimate of drug-likeness (QED) is 0.679. The number of fused-ring (bicyclic) bond motifs is 1. The number of nitrogens with two attached hydrogens (primary N) is 1. The maximum Gasteiger partial charge on any atom is 0.141 e. The second-order valence-corrected chi connectivity index (χ2v) is 6.38. The van der Waals surface area contributed by atoms with Gasteiger partial charge in [0.2, 0.25) is 0 Å². The standard InChI is InChI=1S/C21H28N4/c1-3-24(4-2)16-17-10-12-18(13-11-17)21-23-19-8-5-6-9-20(19)25(21)15-7-14-22/h5-6,8-13H,3-4,7,14-16,22H2,1-2H3. The molecule has 25 heavy (non-hydrogen) atoms. The maximum absolute atomic E-state index is 5.73. The normalized spacial score (nSPS) is 11.5. The Morgan fingerprint density at radius 2 is 1.72 bits per heavy atom. The van der Waals surface area contributed by atoms with E-state index in [4.69, 9.17) is 10.7 Å². The van der Waals surface area contributed by atoms with Crippen LogP contribution < -0.4 is 5.73 Å². The monoisotopic (exact) mass is 336 g/mol. The molecule has 0 atom stereocenters. The van der Waals surface area contributed by atoms with Crippen LogP contribution in [0.3, 0.4) is 0 Å². The fraction of sp³-hybridized carbons (Fsp3) is 0.381. The summed E-state index contributed by atoms with van der Waals surface area (Å²) < 4.78 is 2.29. The summed E-state index contributed by atoms with van der Waals surface area (Å²) in [5.74, 6) is 1.03. The van der Waals surface area contributed by atoms with Crippen molar-refractivity contribution in [3.8, 4) is 11.4 Å². The lowest BCUT2D eigenvalue weighted by Gasteiger charge is -2.18. The Bertz CT molecular complexity index is 800. The Balaban J connectivity index is 1.92. The van der Waals surface area contributed by atoms with Crippen LogP contribution in [0.15, 0.2) is 48.5 Å². The molecule has 0 amide bonds. The van der Waals surface area contributed by atoms with Crippen LogP contribution in [0, 0.1) is 0 Å². The lowest BCUT2D eigenvalue weighted by atomic mass is 10.1. The van der Waals surface area contributed by atoms with Crippen molar-refractivity contribution in [1.29, 1.82) is 0 Å². The number of rotatable bonds is 8. The summed E-state index contributed by atoms with van der Waals surface area (Å²) >= 11 is 0. The largest absolute Gasteiger partial charge is 0.330 e. The first-order valence-electron chi connectivity index (χ1n) is 9.23. The molecule has 2 N–H and O–H groups in total.